The number of fused-ring (bicyclic) bond motifs is 4. The van der Waals surface area contributed by atoms with Crippen molar-refractivity contribution in [1.82, 2.24) is 41.4 Å². The second-order valence-electron chi connectivity index (χ2n) is 9.25. The number of aromatic nitrogens is 6. The third-order valence-electron chi connectivity index (χ3n) is 6.61. The monoisotopic (exact) mass is 705 g/mol. The van der Waals surface area contributed by atoms with Crippen LogP contribution >= 0.6 is 13.5 Å². The van der Waals surface area contributed by atoms with E-state index in [4.69, 9.17) is 57.4 Å². The highest BCUT2D eigenvalue weighted by molar-refractivity contribution is 8.32. The number of halogens is 2. The van der Waals surface area contributed by atoms with Crippen LogP contribution in [0.4, 0.5) is 14.6 Å². The molecule has 6 rings (SSSR count). The molecule has 6 heterocycles. The normalized spacial score (nSPS) is 37.5. The van der Waals surface area contributed by atoms with Crippen molar-refractivity contribution in [2.24, 2.45) is 0 Å². The lowest BCUT2D eigenvalue weighted by Gasteiger charge is -2.34. The number of ether oxygens (including phenoxy) is 2. The Hall–Kier alpha value is -2.24. The van der Waals surface area contributed by atoms with Crippen LogP contribution in [-0.4, -0.2) is 79.0 Å². The average molecular weight is 706 g/mol. The molecule has 11 N–H and O–H groups in total. The fraction of sp³-hybridized carbons (Fsp3) is 0.526. The van der Waals surface area contributed by atoms with Gasteiger partial charge in [0, 0.05) is 12.3 Å². The number of quaternary nitrogens is 2. The van der Waals surface area contributed by atoms with Crippen molar-refractivity contribution in [3.63, 3.8) is 0 Å². The molecule has 44 heavy (non-hydrogen) atoms. The zero-order valence-corrected chi connectivity index (χ0v) is 26.1. The van der Waals surface area contributed by atoms with Crippen LogP contribution in [0.25, 0.3) is 11.2 Å². The number of nitrogen functional groups attached to an aromatic ring is 1. The van der Waals surface area contributed by atoms with Gasteiger partial charge in [-0.2, -0.15) is 0 Å². The molecule has 25 heteroatoms. The molecule has 0 saturated carbocycles. The Bertz CT molecular complexity index is 1730. The van der Waals surface area contributed by atoms with Gasteiger partial charge in [-0.1, -0.05) is 11.8 Å². The van der Waals surface area contributed by atoms with Gasteiger partial charge in [0.1, 0.15) is 43.0 Å². The molecule has 0 aromatic carbocycles. The number of nitrogens with zero attached hydrogens (tertiary/aromatic N) is 5. The number of imidazole rings is 1. The number of nitrogens with two attached hydrogens (primary N) is 1. The summed E-state index contributed by atoms with van der Waals surface area (Å²) in [5.74, 6) is 0.0224. The van der Waals surface area contributed by atoms with Crippen LogP contribution in [-0.2, 0) is 56.2 Å². The maximum Gasteiger partial charge on any atom is 0.330 e. The summed E-state index contributed by atoms with van der Waals surface area (Å²) in [6, 6.07) is 0.943. The number of H-pyrrole nitrogens is 1. The SMILES string of the molecule is Nc1ncnc2c1ncn2[C@@H]1O[C@@H]2COP([O-])(=S)O[C@H]3[C@@H](F)[C@H](n4ccc(=O)[nH]c4=O)O[C@@H]3COP(=O)([S-])O[C@@H]1[C@@H]2F.[NH4+].[NH4+]. The number of hydrogen-bond acceptors (Lipinski definition) is 16. The van der Waals surface area contributed by atoms with Gasteiger partial charge < -0.3 is 62.7 Å². The van der Waals surface area contributed by atoms with E-state index in [2.05, 4.69) is 15.0 Å². The lowest BCUT2D eigenvalue weighted by molar-refractivity contribution is -0.216. The third kappa shape index (κ3) is 6.51. The molecule has 3 aliphatic rings. The van der Waals surface area contributed by atoms with Crippen molar-refractivity contribution in [2.75, 3.05) is 18.9 Å². The number of alkyl halides is 2. The number of rotatable bonds is 2. The minimum atomic E-state index is -4.59. The van der Waals surface area contributed by atoms with Crippen LogP contribution in [0.3, 0.4) is 0 Å². The number of hydrogen-bond donors (Lipinski definition) is 4. The Balaban J connectivity index is 0.00000221. The number of nitrogens with one attached hydrogen (secondary N) is 1. The van der Waals surface area contributed by atoms with Crippen LogP contribution in [0.2, 0.25) is 0 Å². The van der Waals surface area contributed by atoms with Crippen molar-refractivity contribution in [1.29, 1.82) is 0 Å². The van der Waals surface area contributed by atoms with E-state index in [0.717, 1.165) is 18.6 Å². The lowest BCUT2D eigenvalue weighted by atomic mass is 10.1. The molecule has 0 aliphatic carbocycles. The Morgan fingerprint density at radius 1 is 1.02 bits per heavy atom. The topological polar surface area (TPSA) is 293 Å². The Morgan fingerprint density at radius 3 is 2.45 bits per heavy atom. The second kappa shape index (κ2) is 12.9. The van der Waals surface area contributed by atoms with Crippen LogP contribution in [0.15, 0.2) is 34.5 Å². The molecular formula is C19H27F2N9O10P2S2. The van der Waals surface area contributed by atoms with Gasteiger partial charge >= 0.3 is 5.69 Å². The molecule has 3 saturated heterocycles. The first-order valence-corrected chi connectivity index (χ1v) is 17.1. The first kappa shape index (κ1) is 34.6. The summed E-state index contributed by atoms with van der Waals surface area (Å²) in [6.07, 6.45) is -10.7. The van der Waals surface area contributed by atoms with Gasteiger partial charge in [0.2, 0.25) is 6.80 Å². The van der Waals surface area contributed by atoms with E-state index in [1.165, 1.54) is 10.9 Å². The molecule has 10 atom stereocenters. The Labute approximate surface area is 255 Å². The summed E-state index contributed by atoms with van der Waals surface area (Å²) >= 11 is 9.91. The summed E-state index contributed by atoms with van der Waals surface area (Å²) < 4.78 is 78.9. The molecule has 3 aromatic rings. The summed E-state index contributed by atoms with van der Waals surface area (Å²) in [4.78, 5) is 50.7. The maximum absolute atomic E-state index is 15.7. The van der Waals surface area contributed by atoms with E-state index in [0.29, 0.717) is 4.57 Å². The van der Waals surface area contributed by atoms with Crippen molar-refractivity contribution in [2.45, 2.75) is 49.2 Å². The third-order valence-corrected chi connectivity index (χ3v) is 9.70. The van der Waals surface area contributed by atoms with Crippen molar-refractivity contribution >= 4 is 54.6 Å². The van der Waals surface area contributed by atoms with Crippen LogP contribution in [0.1, 0.15) is 12.5 Å². The van der Waals surface area contributed by atoms with Gasteiger partial charge in [0.25, 0.3) is 5.56 Å². The molecule has 2 bridgehead atoms. The van der Waals surface area contributed by atoms with Gasteiger partial charge in [-0.3, -0.25) is 23.5 Å². The quantitative estimate of drug-likeness (QED) is 0.205. The van der Waals surface area contributed by atoms with E-state index in [1.54, 1.807) is 0 Å². The highest BCUT2D eigenvalue weighted by Crippen LogP contribution is 2.54. The molecule has 2 unspecified atom stereocenters. The van der Waals surface area contributed by atoms with E-state index in [1.807, 2.05) is 4.98 Å². The first-order valence-electron chi connectivity index (χ1n) is 11.9. The van der Waals surface area contributed by atoms with Gasteiger partial charge in [0.15, 0.2) is 36.3 Å². The van der Waals surface area contributed by atoms with Crippen molar-refractivity contribution in [3.8, 4) is 0 Å². The standard InChI is InChI=1S/C19H21F2N7O10P2S2.2H3N/c20-10-7-3-33-39(31,41)37-13-8(36-17(11(13)21)27-2-1-9(29)26-19(27)30)4-34-40(32,42)38-14(10)18(35-7)28-6-25-12-15(22)23-5-24-16(12)28;;/h1-2,5-8,10-11,13-14,17-18H,3-4H2,(H,31,41)(H,32,42)(H2,22,23,24)(H,26,29,30);2*1H3/t7-,8-,10-,11-,13-,14-,17-,18-,39?,40?;;/m1../s1. The molecule has 244 valence electrons. The predicted molar refractivity (Wildman–Crippen MR) is 152 cm³/mol. The zero-order valence-electron chi connectivity index (χ0n) is 22.7. The smallest absolute Gasteiger partial charge is 0.330 e. The van der Waals surface area contributed by atoms with Crippen molar-refractivity contribution < 1.29 is 45.8 Å². The Kier molecular flexibility index (Phi) is 10.1. The van der Waals surface area contributed by atoms with Gasteiger partial charge in [-0.15, -0.1) is 0 Å². The molecule has 3 aliphatic heterocycles. The fourth-order valence-corrected chi connectivity index (χ4v) is 7.53. The minimum absolute atomic E-state index is 0. The maximum atomic E-state index is 15.7. The first-order chi connectivity index (χ1) is 19.8. The lowest BCUT2D eigenvalue weighted by Crippen LogP contribution is -2.37. The van der Waals surface area contributed by atoms with E-state index in [-0.39, 0.29) is 29.3 Å². The molecule has 0 amide bonds. The highest BCUT2D eigenvalue weighted by atomic mass is 32.7. The van der Waals surface area contributed by atoms with Crippen LogP contribution < -0.4 is 34.2 Å². The van der Waals surface area contributed by atoms with Crippen LogP contribution in [0, 0.1) is 0 Å². The van der Waals surface area contributed by atoms with Gasteiger partial charge in [0.05, 0.1) is 19.5 Å². The average Bonchev–Trinajstić information content (AvgIpc) is 3.57. The molecule has 0 spiro atoms. The van der Waals surface area contributed by atoms with Gasteiger partial charge in [-0.05, 0) is 0 Å². The molecule has 19 nitrogen and oxygen atoms in total. The van der Waals surface area contributed by atoms with E-state index in [9.17, 15) is 19.0 Å². The fourth-order valence-electron chi connectivity index (χ4n) is 4.72. The molecule has 3 aromatic heterocycles. The molecule has 3 fully saturated rings. The van der Waals surface area contributed by atoms with Crippen LogP contribution in [0.5, 0.6) is 0 Å². The zero-order chi connectivity index (χ0) is 30.0. The highest BCUT2D eigenvalue weighted by Gasteiger charge is 2.52. The second-order valence-corrected chi connectivity index (χ2v) is 14.7. The molecule has 0 radical (unpaired) electrons. The Morgan fingerprint density at radius 2 is 1.73 bits per heavy atom. The van der Waals surface area contributed by atoms with E-state index >= 15 is 8.78 Å². The summed E-state index contributed by atoms with van der Waals surface area (Å²) in [5, 5.41) is 0. The summed E-state index contributed by atoms with van der Waals surface area (Å²) in [5.41, 5.74) is 4.33. The van der Waals surface area contributed by atoms with E-state index < -0.39 is 87.2 Å². The minimum Gasteiger partial charge on any atom is -0.780 e. The number of aromatic amines is 1. The largest absolute Gasteiger partial charge is 0.780 e. The van der Waals surface area contributed by atoms with Crippen molar-refractivity contribution in [3.05, 3.63) is 45.8 Å². The summed E-state index contributed by atoms with van der Waals surface area (Å²) in [7, 11) is 0. The number of anilines is 1. The summed E-state index contributed by atoms with van der Waals surface area (Å²) in [6.45, 7) is -10.8. The van der Waals surface area contributed by atoms with Gasteiger partial charge in [-0.25, -0.2) is 28.5 Å². The predicted octanol–water partition coefficient (Wildman–Crippen LogP) is 0.239. The molecular weight excluding hydrogens is 678 g/mol.